The summed E-state index contributed by atoms with van der Waals surface area (Å²) in [6.07, 6.45) is -6.93. The number of cyclic esters (lactones) is 1. The Morgan fingerprint density at radius 2 is 0.633 bits per heavy atom. The number of esters is 2. The van der Waals surface area contributed by atoms with Gasteiger partial charge in [-0.05, 0) is 56.6 Å². The average Bonchev–Trinajstić information content (AvgIpc) is 0.958. The minimum atomic E-state index is -1.67. The lowest BCUT2D eigenvalue weighted by atomic mass is 9.91. The highest BCUT2D eigenvalue weighted by Crippen LogP contribution is 2.56. The molecule has 1 saturated heterocycles. The van der Waals surface area contributed by atoms with E-state index in [-0.39, 0.29) is 110 Å². The molecule has 2 aliphatic heterocycles. The molecule has 2 heterocycles. The second-order valence-electron chi connectivity index (χ2n) is 21.6. The van der Waals surface area contributed by atoms with E-state index < -0.39 is 49.3 Å². The normalized spacial score (nSPS) is 17.0. The molecule has 5 atom stereocenters. The van der Waals surface area contributed by atoms with E-state index in [9.17, 15) is 5.11 Å². The van der Waals surface area contributed by atoms with Gasteiger partial charge in [0.05, 0.1) is 24.3 Å². The molecule has 0 aliphatic carbocycles. The molecule has 0 aromatic heterocycles. The summed E-state index contributed by atoms with van der Waals surface area (Å²) in [7, 11) is 0. The summed E-state index contributed by atoms with van der Waals surface area (Å²) in [5, 5.41) is 12.1. The third-order valence-corrected chi connectivity index (χ3v) is 15.3. The molecule has 10 aromatic carbocycles. The Hall–Kier alpha value is -10.2. The van der Waals surface area contributed by atoms with Crippen LogP contribution in [0.2, 0.25) is 0 Å². The van der Waals surface area contributed by atoms with Crippen molar-refractivity contribution in [2.75, 3.05) is 6.61 Å². The molecule has 1 unspecified atom stereocenters. The first kappa shape index (κ1) is 60.1. The van der Waals surface area contributed by atoms with Crippen molar-refractivity contribution in [3.63, 3.8) is 0 Å². The van der Waals surface area contributed by atoms with Gasteiger partial charge in [0.15, 0.2) is 35.4 Å². The Balaban J connectivity index is 1.12. The molecule has 1 fully saturated rings. The molecule has 14 nitrogen and oxygen atoms in total. The number of rotatable bonds is 24. The first-order valence-electron chi connectivity index (χ1n) is 29.8. The van der Waals surface area contributed by atoms with E-state index in [0.717, 1.165) is 44.5 Å². The number of hydrogen-bond acceptors (Lipinski definition) is 14. The molecular formula is C76H66O14. The van der Waals surface area contributed by atoms with Crippen LogP contribution in [0, 0.1) is 0 Å². The molecule has 0 saturated carbocycles. The van der Waals surface area contributed by atoms with Crippen LogP contribution in [0.25, 0.3) is 11.1 Å². The van der Waals surface area contributed by atoms with Gasteiger partial charge in [0.2, 0.25) is 11.5 Å². The van der Waals surface area contributed by atoms with Gasteiger partial charge < -0.3 is 57.2 Å². The van der Waals surface area contributed by atoms with E-state index in [0.29, 0.717) is 0 Å². The number of benzene rings is 10. The fraction of sp³-hybridized carbons (Fsp3) is 0.184. The quantitative estimate of drug-likeness (QED) is 0.0570. The molecule has 454 valence electrons. The number of fused-ring (bicyclic) bond motifs is 4. The Bertz CT molecular complexity index is 3920. The van der Waals surface area contributed by atoms with E-state index >= 15 is 9.59 Å². The van der Waals surface area contributed by atoms with E-state index in [4.69, 9.17) is 52.1 Å². The van der Waals surface area contributed by atoms with Gasteiger partial charge in [-0.15, -0.1) is 0 Å². The second-order valence-corrected chi connectivity index (χ2v) is 21.6. The summed E-state index contributed by atoms with van der Waals surface area (Å²) < 4.78 is 75.1. The summed E-state index contributed by atoms with van der Waals surface area (Å²) in [5.74, 6) is -1.51. The topological polar surface area (TPSA) is 156 Å². The van der Waals surface area contributed by atoms with Crippen molar-refractivity contribution in [2.45, 2.75) is 83.6 Å². The fourth-order valence-electron chi connectivity index (χ4n) is 10.7. The van der Waals surface area contributed by atoms with Crippen molar-refractivity contribution in [1.29, 1.82) is 0 Å². The Morgan fingerprint density at radius 1 is 0.344 bits per heavy atom. The zero-order chi connectivity index (χ0) is 61.3. The monoisotopic (exact) mass is 1200 g/mol. The molecule has 14 heteroatoms. The number of hydrogen-bond donors (Lipinski definition) is 1. The molecule has 2 aliphatic rings. The number of aliphatic hydroxyl groups is 1. The number of carbonyl (C=O) groups excluding carboxylic acids is 2. The maximum atomic E-state index is 16.5. The van der Waals surface area contributed by atoms with Crippen LogP contribution in [0.15, 0.2) is 255 Å². The molecule has 0 amide bonds. The lowest BCUT2D eigenvalue weighted by Crippen LogP contribution is -2.61. The Labute approximate surface area is 522 Å². The van der Waals surface area contributed by atoms with Crippen LogP contribution in [0.4, 0.5) is 0 Å². The molecule has 10 aromatic rings. The van der Waals surface area contributed by atoms with Crippen molar-refractivity contribution < 1.29 is 66.8 Å². The van der Waals surface area contributed by atoms with Gasteiger partial charge in [-0.25, -0.2) is 9.59 Å². The highest BCUT2D eigenvalue weighted by atomic mass is 16.7. The summed E-state index contributed by atoms with van der Waals surface area (Å²) in [4.78, 5) is 32.5. The standard InChI is InChI=1S/C76H66O14/c77-74-60-41-62(80-43-52-25-9-1-10-26-52)67(82-45-54-29-13-3-14-30-54)70(84-47-56-33-17-5-18-34-56)65(60)66-61(42-63(81-44-53-27-11-2-12-28-53)68(83-46-55-31-15-4-16-32-55)71(66)85-48-57-35-19-6-20-36-57)75(78)90-69-64(51-88-74)89-76(79)73(87-50-59-39-23-8-24-40-59)72(69)86-49-58-37-21-7-22-38-58/h1-42,64,69,72-73,76,79H,43-51H2/t64-,69-,72+,73-,76?/m1/s1. The first-order chi connectivity index (χ1) is 44.4. The highest BCUT2D eigenvalue weighted by Gasteiger charge is 2.51. The summed E-state index contributed by atoms with van der Waals surface area (Å²) in [6.45, 7) is -0.588. The predicted molar refractivity (Wildman–Crippen MR) is 337 cm³/mol. The van der Waals surface area contributed by atoms with Gasteiger partial charge >= 0.3 is 11.9 Å². The SMILES string of the molecule is O=C1OC[C@H]2OC(O)[C@H](OCc3ccccc3)[C@@H](OCc3ccccc3)[C@@H]2OC(=O)c2cc(OCc3ccccc3)c(OCc3ccccc3)c(OCc3ccccc3)c2-c2c1cc(OCc1ccccc1)c(OCc1ccccc1)c2OCc1ccccc1. The van der Waals surface area contributed by atoms with Crippen LogP contribution in [-0.4, -0.2) is 54.4 Å². The molecule has 0 bridgehead atoms. The van der Waals surface area contributed by atoms with Crippen LogP contribution >= 0.6 is 0 Å². The number of aliphatic hydroxyl groups excluding tert-OH is 1. The minimum Gasteiger partial charge on any atom is -0.485 e. The van der Waals surface area contributed by atoms with Gasteiger partial charge in [-0.3, -0.25) is 0 Å². The van der Waals surface area contributed by atoms with Crippen molar-refractivity contribution in [2.24, 2.45) is 0 Å². The van der Waals surface area contributed by atoms with Crippen LogP contribution in [0.3, 0.4) is 0 Å². The van der Waals surface area contributed by atoms with Gasteiger partial charge in [0, 0.05) is 11.1 Å². The molecule has 0 radical (unpaired) electrons. The van der Waals surface area contributed by atoms with E-state index in [2.05, 4.69) is 0 Å². The van der Waals surface area contributed by atoms with Crippen LogP contribution < -0.4 is 28.4 Å². The lowest BCUT2D eigenvalue weighted by Gasteiger charge is -2.43. The second kappa shape index (κ2) is 29.7. The van der Waals surface area contributed by atoms with E-state index in [1.165, 1.54) is 12.1 Å². The van der Waals surface area contributed by atoms with Crippen molar-refractivity contribution in [3.05, 3.63) is 310 Å². The third-order valence-electron chi connectivity index (χ3n) is 15.3. The van der Waals surface area contributed by atoms with Crippen LogP contribution in [0.5, 0.6) is 34.5 Å². The minimum absolute atomic E-state index is 0.00268. The summed E-state index contributed by atoms with van der Waals surface area (Å²) in [6, 6.07) is 79.3. The molecule has 90 heavy (non-hydrogen) atoms. The molecule has 0 spiro atoms. The summed E-state index contributed by atoms with van der Waals surface area (Å²) >= 11 is 0. The zero-order valence-corrected chi connectivity index (χ0v) is 49.3. The fourth-order valence-corrected chi connectivity index (χ4v) is 10.7. The number of ether oxygens (including phenoxy) is 11. The maximum Gasteiger partial charge on any atom is 0.339 e. The van der Waals surface area contributed by atoms with Crippen molar-refractivity contribution in [3.8, 4) is 45.6 Å². The van der Waals surface area contributed by atoms with Crippen LogP contribution in [-0.2, 0) is 76.5 Å². The molecule has 1 N–H and O–H groups in total. The van der Waals surface area contributed by atoms with Gasteiger partial charge in [0.1, 0.15) is 64.6 Å². The zero-order valence-electron chi connectivity index (χ0n) is 49.3. The largest absolute Gasteiger partial charge is 0.485 e. The smallest absolute Gasteiger partial charge is 0.339 e. The highest BCUT2D eigenvalue weighted by molar-refractivity contribution is 6.09. The van der Waals surface area contributed by atoms with Crippen LogP contribution in [0.1, 0.15) is 65.2 Å². The van der Waals surface area contributed by atoms with E-state index in [1.807, 2.05) is 243 Å². The van der Waals surface area contributed by atoms with Gasteiger partial charge in [-0.1, -0.05) is 243 Å². The Morgan fingerprint density at radius 3 is 0.978 bits per heavy atom. The third kappa shape index (κ3) is 15.0. The van der Waals surface area contributed by atoms with Crippen molar-refractivity contribution in [1.82, 2.24) is 0 Å². The predicted octanol–water partition coefficient (Wildman–Crippen LogP) is 14.4. The molecular weight excluding hydrogens is 1140 g/mol. The lowest BCUT2D eigenvalue weighted by molar-refractivity contribution is -0.306. The van der Waals surface area contributed by atoms with Gasteiger partial charge in [0.25, 0.3) is 0 Å². The number of carbonyl (C=O) groups is 2. The Kier molecular flexibility index (Phi) is 19.8. The first-order valence-corrected chi connectivity index (χ1v) is 29.8. The van der Waals surface area contributed by atoms with E-state index in [1.54, 1.807) is 0 Å². The summed E-state index contributed by atoms with van der Waals surface area (Å²) in [5.41, 5.74) is 6.06. The van der Waals surface area contributed by atoms with Gasteiger partial charge in [-0.2, -0.15) is 0 Å². The maximum absolute atomic E-state index is 16.5. The van der Waals surface area contributed by atoms with Crippen molar-refractivity contribution >= 4 is 11.9 Å². The average molecular weight is 1200 g/mol. The molecule has 12 rings (SSSR count).